The molecule has 2 aliphatic rings. The number of aromatic nitrogens is 1. The predicted octanol–water partition coefficient (Wildman–Crippen LogP) is 2.58. The van der Waals surface area contributed by atoms with Crippen LogP contribution in [0.2, 0.25) is 0 Å². The number of hydrogen-bond acceptors (Lipinski definition) is 5. The molecule has 0 N–H and O–H groups in total. The van der Waals surface area contributed by atoms with Crippen molar-refractivity contribution in [3.63, 3.8) is 0 Å². The monoisotopic (exact) mass is 308 g/mol. The average Bonchev–Trinajstić information content (AvgIpc) is 3.20. The summed E-state index contributed by atoms with van der Waals surface area (Å²) >= 11 is 2.06. The molecule has 116 valence electrons. The van der Waals surface area contributed by atoms with Crippen molar-refractivity contribution in [3.05, 3.63) is 23.9 Å². The number of methoxy groups -OCH3 is 1. The Balaban J connectivity index is 1.71. The van der Waals surface area contributed by atoms with Gasteiger partial charge in [0.05, 0.1) is 13.2 Å². The van der Waals surface area contributed by atoms with Gasteiger partial charge in [0.15, 0.2) is 0 Å². The lowest BCUT2D eigenvalue weighted by Crippen LogP contribution is -2.40. The van der Waals surface area contributed by atoms with Gasteiger partial charge in [0.25, 0.3) is 0 Å². The van der Waals surface area contributed by atoms with Crippen LogP contribution in [0.15, 0.2) is 18.3 Å². The van der Waals surface area contributed by atoms with Gasteiger partial charge in [-0.05, 0) is 31.1 Å². The zero-order valence-electron chi connectivity index (χ0n) is 12.7. The molecule has 2 atom stereocenters. The molecule has 5 heteroatoms. The molecule has 4 nitrogen and oxygen atoms in total. The Bertz CT molecular complexity index is 446. The highest BCUT2D eigenvalue weighted by Gasteiger charge is 2.28. The van der Waals surface area contributed by atoms with E-state index in [0.29, 0.717) is 12.1 Å². The molecular formula is C16H24N2O2S. The summed E-state index contributed by atoms with van der Waals surface area (Å²) in [6.07, 6.45) is 5.87. The number of thioether (sulfide) groups is 1. The number of ether oxygens (including phenoxy) is 2. The van der Waals surface area contributed by atoms with E-state index in [9.17, 15) is 0 Å². The minimum atomic E-state index is 0.401. The summed E-state index contributed by atoms with van der Waals surface area (Å²) in [5.74, 6) is 3.26. The van der Waals surface area contributed by atoms with Gasteiger partial charge in [-0.15, -0.1) is 0 Å². The van der Waals surface area contributed by atoms with Crippen molar-refractivity contribution in [1.82, 2.24) is 9.88 Å². The fourth-order valence-corrected chi connectivity index (χ4v) is 4.40. The van der Waals surface area contributed by atoms with Crippen molar-refractivity contribution in [2.24, 2.45) is 0 Å². The van der Waals surface area contributed by atoms with Gasteiger partial charge in [-0.3, -0.25) is 4.90 Å². The molecule has 0 saturated carbocycles. The smallest absolute Gasteiger partial charge is 0.217 e. The quantitative estimate of drug-likeness (QED) is 0.807. The highest BCUT2D eigenvalue weighted by atomic mass is 32.2. The summed E-state index contributed by atoms with van der Waals surface area (Å²) in [7, 11) is 1.70. The van der Waals surface area contributed by atoms with Gasteiger partial charge in [-0.1, -0.05) is 6.07 Å². The molecule has 1 aromatic heterocycles. The van der Waals surface area contributed by atoms with Gasteiger partial charge in [0.1, 0.15) is 0 Å². The fraction of sp³-hybridized carbons (Fsp3) is 0.688. The molecule has 3 heterocycles. The first-order chi connectivity index (χ1) is 10.4. The van der Waals surface area contributed by atoms with Crippen LogP contribution in [0, 0.1) is 0 Å². The van der Waals surface area contributed by atoms with Crippen LogP contribution in [0.4, 0.5) is 0 Å². The normalized spacial score (nSPS) is 25.6. The third-order valence-corrected chi connectivity index (χ3v) is 5.45. The van der Waals surface area contributed by atoms with Crippen LogP contribution in [0.5, 0.6) is 5.88 Å². The van der Waals surface area contributed by atoms with E-state index in [4.69, 9.17) is 9.47 Å². The third-order valence-electron chi connectivity index (χ3n) is 4.30. The van der Waals surface area contributed by atoms with E-state index in [0.717, 1.165) is 25.6 Å². The average molecular weight is 308 g/mol. The molecule has 1 aromatic rings. The lowest BCUT2D eigenvalue weighted by Gasteiger charge is -2.30. The molecule has 2 fully saturated rings. The lowest BCUT2D eigenvalue weighted by atomic mass is 10.1. The Morgan fingerprint density at radius 2 is 2.43 bits per heavy atom. The topological polar surface area (TPSA) is 34.6 Å². The molecule has 0 amide bonds. The molecule has 0 unspecified atom stereocenters. The van der Waals surface area contributed by atoms with Crippen LogP contribution in [0.25, 0.3) is 0 Å². The minimum absolute atomic E-state index is 0.401. The first kappa shape index (κ1) is 15.1. The fourth-order valence-electron chi connectivity index (χ4n) is 3.15. The Kier molecular flexibility index (Phi) is 5.38. The van der Waals surface area contributed by atoms with Gasteiger partial charge in [-0.25, -0.2) is 4.98 Å². The van der Waals surface area contributed by atoms with E-state index in [1.807, 2.05) is 6.07 Å². The lowest BCUT2D eigenvalue weighted by molar-refractivity contribution is 0.0571. The van der Waals surface area contributed by atoms with Crippen LogP contribution >= 0.6 is 11.8 Å². The zero-order chi connectivity index (χ0) is 14.5. The van der Waals surface area contributed by atoms with E-state index in [-0.39, 0.29) is 0 Å². The van der Waals surface area contributed by atoms with E-state index >= 15 is 0 Å². The first-order valence-corrected chi connectivity index (χ1v) is 8.93. The van der Waals surface area contributed by atoms with Gasteiger partial charge in [0.2, 0.25) is 5.88 Å². The van der Waals surface area contributed by atoms with Gasteiger partial charge in [0, 0.05) is 43.3 Å². The molecule has 0 aliphatic carbocycles. The van der Waals surface area contributed by atoms with Crippen molar-refractivity contribution in [1.29, 1.82) is 0 Å². The predicted molar refractivity (Wildman–Crippen MR) is 85.9 cm³/mol. The Labute approximate surface area is 131 Å². The molecule has 2 aliphatic heterocycles. The SMILES string of the molecule is COc1ncccc1CN(C[C@H]1CCCO1)[C@@H]1CCSC1. The summed E-state index contributed by atoms with van der Waals surface area (Å²) in [4.78, 5) is 6.90. The second kappa shape index (κ2) is 7.47. The highest BCUT2D eigenvalue weighted by molar-refractivity contribution is 7.99. The number of rotatable bonds is 6. The summed E-state index contributed by atoms with van der Waals surface area (Å²) in [5, 5.41) is 0. The van der Waals surface area contributed by atoms with Crippen LogP contribution in [0.1, 0.15) is 24.8 Å². The number of pyridine rings is 1. The van der Waals surface area contributed by atoms with Gasteiger partial charge < -0.3 is 9.47 Å². The first-order valence-electron chi connectivity index (χ1n) is 7.78. The van der Waals surface area contributed by atoms with Crippen molar-refractivity contribution < 1.29 is 9.47 Å². The van der Waals surface area contributed by atoms with E-state index in [1.54, 1.807) is 13.3 Å². The Morgan fingerprint density at radius 1 is 1.48 bits per heavy atom. The maximum Gasteiger partial charge on any atom is 0.217 e. The van der Waals surface area contributed by atoms with Crippen molar-refractivity contribution in [2.45, 2.75) is 38.0 Å². The summed E-state index contributed by atoms with van der Waals surface area (Å²) in [6, 6.07) is 4.77. The third kappa shape index (κ3) is 3.90. The second-order valence-electron chi connectivity index (χ2n) is 5.75. The molecule has 2 saturated heterocycles. The van der Waals surface area contributed by atoms with Crippen molar-refractivity contribution in [2.75, 3.05) is 31.8 Å². The van der Waals surface area contributed by atoms with Crippen LogP contribution in [0.3, 0.4) is 0 Å². The molecular weight excluding hydrogens is 284 g/mol. The highest BCUT2D eigenvalue weighted by Crippen LogP contribution is 2.27. The maximum absolute atomic E-state index is 5.84. The van der Waals surface area contributed by atoms with E-state index in [1.165, 1.54) is 36.3 Å². The van der Waals surface area contributed by atoms with Crippen LogP contribution < -0.4 is 4.74 Å². The molecule has 3 rings (SSSR count). The molecule has 0 aromatic carbocycles. The standard InChI is InChI=1S/C16H24N2O2S/c1-19-16-13(4-2-7-17-16)10-18(14-6-9-21-12-14)11-15-5-3-8-20-15/h2,4,7,14-15H,3,5-6,8-12H2,1H3/t14-,15-/m1/s1. The number of hydrogen-bond donors (Lipinski definition) is 0. The van der Waals surface area contributed by atoms with Crippen LogP contribution in [-0.4, -0.2) is 53.8 Å². The summed E-state index contributed by atoms with van der Waals surface area (Å²) in [6.45, 7) is 2.86. The minimum Gasteiger partial charge on any atom is -0.481 e. The zero-order valence-corrected chi connectivity index (χ0v) is 13.5. The number of nitrogens with zero attached hydrogens (tertiary/aromatic N) is 2. The van der Waals surface area contributed by atoms with Crippen molar-refractivity contribution >= 4 is 11.8 Å². The molecule has 0 bridgehead atoms. The largest absolute Gasteiger partial charge is 0.481 e. The molecule has 0 radical (unpaired) electrons. The Morgan fingerprint density at radius 3 is 3.14 bits per heavy atom. The van der Waals surface area contributed by atoms with E-state index in [2.05, 4.69) is 27.7 Å². The summed E-state index contributed by atoms with van der Waals surface area (Å²) in [5.41, 5.74) is 1.18. The van der Waals surface area contributed by atoms with Crippen LogP contribution in [-0.2, 0) is 11.3 Å². The Hall–Kier alpha value is -0.780. The summed E-state index contributed by atoms with van der Waals surface area (Å²) < 4.78 is 11.2. The maximum atomic E-state index is 5.84. The second-order valence-corrected chi connectivity index (χ2v) is 6.90. The molecule has 0 spiro atoms. The van der Waals surface area contributed by atoms with E-state index < -0.39 is 0 Å². The van der Waals surface area contributed by atoms with Crippen molar-refractivity contribution in [3.8, 4) is 5.88 Å². The van der Waals surface area contributed by atoms with Gasteiger partial charge in [-0.2, -0.15) is 11.8 Å². The molecule has 21 heavy (non-hydrogen) atoms. The van der Waals surface area contributed by atoms with Gasteiger partial charge >= 0.3 is 0 Å².